The van der Waals surface area contributed by atoms with Gasteiger partial charge >= 0.3 is 0 Å². The minimum atomic E-state index is 1.05. The number of hydrogen-bond acceptors (Lipinski definition) is 2. The van der Waals surface area contributed by atoms with E-state index in [0.717, 1.165) is 13.0 Å². The Hall–Kier alpha value is -1.44. The van der Waals surface area contributed by atoms with Gasteiger partial charge in [-0.1, -0.05) is 23.8 Å². The van der Waals surface area contributed by atoms with E-state index in [2.05, 4.69) is 67.5 Å². The van der Waals surface area contributed by atoms with Gasteiger partial charge in [0.05, 0.1) is 0 Å². The molecular weight excluding hydrogens is 196 g/mol. The molecule has 88 valence electrons. The summed E-state index contributed by atoms with van der Waals surface area (Å²) >= 11 is 0. The lowest BCUT2D eigenvalue weighted by Crippen LogP contribution is -2.12. The maximum absolute atomic E-state index is 2.16. The predicted molar refractivity (Wildman–Crippen MR) is 70.8 cm³/mol. The summed E-state index contributed by atoms with van der Waals surface area (Å²) in [6.07, 6.45) is 13.9. The summed E-state index contributed by atoms with van der Waals surface area (Å²) in [5.41, 5.74) is 2.76. The first-order valence-electron chi connectivity index (χ1n) is 5.69. The van der Waals surface area contributed by atoms with E-state index in [4.69, 9.17) is 0 Å². The molecule has 2 aliphatic heterocycles. The van der Waals surface area contributed by atoms with Crippen LogP contribution in [0.25, 0.3) is 0 Å². The van der Waals surface area contributed by atoms with Gasteiger partial charge in [0.15, 0.2) is 0 Å². The van der Waals surface area contributed by atoms with Gasteiger partial charge in [0.25, 0.3) is 0 Å². The van der Waals surface area contributed by atoms with Crippen LogP contribution in [0.3, 0.4) is 0 Å². The predicted octanol–water partition coefficient (Wildman–Crippen LogP) is 3.13. The van der Waals surface area contributed by atoms with Gasteiger partial charge in [0.1, 0.15) is 0 Å². The zero-order valence-corrected chi connectivity index (χ0v) is 10.8. The van der Waals surface area contributed by atoms with Crippen molar-refractivity contribution in [1.29, 1.82) is 0 Å². The Balaban J connectivity index is 0.000000160. The molecule has 0 aromatic rings. The first-order valence-corrected chi connectivity index (χ1v) is 5.69. The molecule has 2 heteroatoms. The summed E-state index contributed by atoms with van der Waals surface area (Å²) < 4.78 is 0. The summed E-state index contributed by atoms with van der Waals surface area (Å²) in [6, 6.07) is 0. The summed E-state index contributed by atoms with van der Waals surface area (Å²) in [7, 11) is 4.12. The summed E-state index contributed by atoms with van der Waals surface area (Å²) in [6.45, 7) is 5.30. The minimum Gasteiger partial charge on any atom is -0.376 e. The van der Waals surface area contributed by atoms with E-state index in [9.17, 15) is 0 Å². The number of rotatable bonds is 0. The van der Waals surface area contributed by atoms with E-state index in [1.54, 1.807) is 0 Å². The van der Waals surface area contributed by atoms with Crippen LogP contribution in [0, 0.1) is 0 Å². The molecule has 0 saturated carbocycles. The fourth-order valence-electron chi connectivity index (χ4n) is 1.70. The van der Waals surface area contributed by atoms with Gasteiger partial charge in [-0.05, 0) is 32.0 Å². The SMILES string of the molecule is CC1=CN(C)C=CC1.CC1=CN(C)CC=C1. The largest absolute Gasteiger partial charge is 0.376 e. The van der Waals surface area contributed by atoms with Crippen molar-refractivity contribution in [2.45, 2.75) is 20.3 Å². The van der Waals surface area contributed by atoms with Gasteiger partial charge < -0.3 is 9.80 Å². The molecule has 0 fully saturated rings. The topological polar surface area (TPSA) is 6.48 Å². The van der Waals surface area contributed by atoms with Crippen LogP contribution in [0.5, 0.6) is 0 Å². The fourth-order valence-corrected chi connectivity index (χ4v) is 1.70. The van der Waals surface area contributed by atoms with E-state index in [1.807, 2.05) is 7.05 Å². The minimum absolute atomic E-state index is 1.05. The molecule has 0 atom stereocenters. The molecule has 16 heavy (non-hydrogen) atoms. The molecule has 0 N–H and O–H groups in total. The highest BCUT2D eigenvalue weighted by molar-refractivity contribution is 5.19. The Morgan fingerprint density at radius 2 is 1.81 bits per heavy atom. The highest BCUT2D eigenvalue weighted by Gasteiger charge is 1.93. The van der Waals surface area contributed by atoms with Crippen molar-refractivity contribution in [2.75, 3.05) is 20.6 Å². The standard InChI is InChI=1S/2C7H11N/c2*1-7-4-3-5-8(2)6-7/h3,5-6H,4H2,1-2H3;3-4,6H,5H2,1-2H3. The van der Waals surface area contributed by atoms with Crippen LogP contribution in [0.4, 0.5) is 0 Å². The zero-order chi connectivity index (χ0) is 12.0. The highest BCUT2D eigenvalue weighted by atomic mass is 15.1. The van der Waals surface area contributed by atoms with E-state index in [-0.39, 0.29) is 0 Å². The molecule has 2 rings (SSSR count). The third-order valence-electron chi connectivity index (χ3n) is 2.40. The highest BCUT2D eigenvalue weighted by Crippen LogP contribution is 2.07. The van der Waals surface area contributed by atoms with Gasteiger partial charge in [0, 0.05) is 33.0 Å². The maximum Gasteiger partial charge on any atom is 0.0354 e. The molecule has 2 heterocycles. The van der Waals surface area contributed by atoms with Gasteiger partial charge in [0.2, 0.25) is 0 Å². The molecule has 0 spiro atoms. The molecule has 0 bridgehead atoms. The number of hydrogen-bond donors (Lipinski definition) is 0. The molecule has 2 nitrogen and oxygen atoms in total. The van der Waals surface area contributed by atoms with Crippen molar-refractivity contribution in [2.24, 2.45) is 0 Å². The molecule has 2 aliphatic rings. The number of likely N-dealkylation sites (N-methyl/N-ethyl adjacent to an activating group) is 1. The number of nitrogens with zero attached hydrogens (tertiary/aromatic N) is 2. The monoisotopic (exact) mass is 218 g/mol. The smallest absolute Gasteiger partial charge is 0.0354 e. The zero-order valence-electron chi connectivity index (χ0n) is 10.8. The lowest BCUT2D eigenvalue weighted by atomic mass is 10.2. The average molecular weight is 218 g/mol. The Kier molecular flexibility index (Phi) is 4.90. The summed E-state index contributed by atoms with van der Waals surface area (Å²) in [4.78, 5) is 4.23. The first kappa shape index (κ1) is 12.6. The third-order valence-corrected chi connectivity index (χ3v) is 2.40. The maximum atomic E-state index is 2.16. The third kappa shape index (κ3) is 4.87. The van der Waals surface area contributed by atoms with Crippen LogP contribution in [-0.4, -0.2) is 30.4 Å². The van der Waals surface area contributed by atoms with Gasteiger partial charge in [-0.25, -0.2) is 0 Å². The van der Waals surface area contributed by atoms with Crippen molar-refractivity contribution < 1.29 is 0 Å². The molecule has 0 aromatic carbocycles. The fraction of sp³-hybridized carbons (Fsp3) is 0.429. The molecule has 0 aromatic heterocycles. The molecule has 0 saturated heterocycles. The van der Waals surface area contributed by atoms with E-state index < -0.39 is 0 Å². The van der Waals surface area contributed by atoms with Crippen molar-refractivity contribution in [3.05, 3.63) is 48.0 Å². The molecule has 0 amide bonds. The Morgan fingerprint density at radius 3 is 2.19 bits per heavy atom. The van der Waals surface area contributed by atoms with Crippen molar-refractivity contribution in [1.82, 2.24) is 9.80 Å². The lowest BCUT2D eigenvalue weighted by Gasteiger charge is -2.15. The lowest BCUT2D eigenvalue weighted by molar-refractivity contribution is 0.500. The van der Waals surface area contributed by atoms with Crippen molar-refractivity contribution in [3.8, 4) is 0 Å². The first-order chi connectivity index (χ1) is 7.58. The number of allylic oxidation sites excluding steroid dienone is 4. The van der Waals surface area contributed by atoms with Gasteiger partial charge in [-0.3, -0.25) is 0 Å². The van der Waals surface area contributed by atoms with Crippen LogP contribution in [0.15, 0.2) is 48.0 Å². The van der Waals surface area contributed by atoms with Crippen LogP contribution >= 0.6 is 0 Å². The van der Waals surface area contributed by atoms with Crippen LogP contribution in [0.1, 0.15) is 20.3 Å². The van der Waals surface area contributed by atoms with E-state index in [0.29, 0.717) is 0 Å². The quantitative estimate of drug-likeness (QED) is 0.616. The van der Waals surface area contributed by atoms with Crippen LogP contribution < -0.4 is 0 Å². The summed E-state index contributed by atoms with van der Waals surface area (Å²) in [5.74, 6) is 0. The Labute approximate surface area is 99.2 Å². The van der Waals surface area contributed by atoms with E-state index in [1.165, 1.54) is 11.1 Å². The van der Waals surface area contributed by atoms with Crippen LogP contribution in [0.2, 0.25) is 0 Å². The normalized spacial score (nSPS) is 18.8. The Morgan fingerprint density at radius 1 is 1.06 bits per heavy atom. The van der Waals surface area contributed by atoms with Gasteiger partial charge in [-0.15, -0.1) is 0 Å². The second-order valence-electron chi connectivity index (χ2n) is 4.44. The second kappa shape index (κ2) is 6.21. The molecular formula is C14H22N2. The average Bonchev–Trinajstić information content (AvgIpc) is 2.17. The second-order valence-corrected chi connectivity index (χ2v) is 4.44. The molecule has 0 aliphatic carbocycles. The van der Waals surface area contributed by atoms with E-state index >= 15 is 0 Å². The van der Waals surface area contributed by atoms with Crippen LogP contribution in [-0.2, 0) is 0 Å². The molecule has 0 radical (unpaired) electrons. The Bertz CT molecular complexity index is 335. The van der Waals surface area contributed by atoms with Gasteiger partial charge in [-0.2, -0.15) is 0 Å². The van der Waals surface area contributed by atoms with Crippen molar-refractivity contribution in [3.63, 3.8) is 0 Å². The molecule has 0 unspecified atom stereocenters. The van der Waals surface area contributed by atoms with Crippen molar-refractivity contribution >= 4 is 0 Å². The summed E-state index contributed by atoms with van der Waals surface area (Å²) in [5, 5.41) is 0.